The molecule has 0 radical (unpaired) electrons. The molecule has 2 amide bonds. The van der Waals surface area contributed by atoms with Gasteiger partial charge in [-0.05, 0) is 31.5 Å². The van der Waals surface area contributed by atoms with Crippen LogP contribution in [0.25, 0.3) is 0 Å². The fourth-order valence-corrected chi connectivity index (χ4v) is 2.12. The topological polar surface area (TPSA) is 84.3 Å². The second-order valence-corrected chi connectivity index (χ2v) is 5.06. The van der Waals surface area contributed by atoms with E-state index in [1.807, 2.05) is 31.2 Å². The van der Waals surface area contributed by atoms with Crippen LogP contribution < -0.4 is 10.6 Å². The molecule has 0 heterocycles. The van der Waals surface area contributed by atoms with E-state index in [2.05, 4.69) is 10.6 Å². The van der Waals surface area contributed by atoms with Gasteiger partial charge in [0, 0.05) is 23.9 Å². The number of aryl methyl sites for hydroxylation is 2. The van der Waals surface area contributed by atoms with E-state index in [4.69, 9.17) is 0 Å². The number of rotatable bonds is 4. The Kier molecular flexibility index (Phi) is 4.73. The maximum Gasteiger partial charge on any atom is 0.319 e. The van der Waals surface area contributed by atoms with Crippen molar-refractivity contribution in [1.82, 2.24) is 5.32 Å². The second-order valence-electron chi connectivity index (χ2n) is 5.06. The number of nitrogens with zero attached hydrogens (tertiary/aromatic N) is 1. The van der Waals surface area contributed by atoms with Crippen molar-refractivity contribution in [1.29, 1.82) is 0 Å². The maximum atomic E-state index is 11.8. The van der Waals surface area contributed by atoms with Gasteiger partial charge in [-0.1, -0.05) is 29.8 Å². The zero-order chi connectivity index (χ0) is 16.1. The molecule has 0 aromatic heterocycles. The molecule has 0 saturated heterocycles. The van der Waals surface area contributed by atoms with Crippen molar-refractivity contribution < 1.29 is 9.72 Å². The number of nitro benzene ring substituents is 1. The Morgan fingerprint density at radius 3 is 2.59 bits per heavy atom. The number of hydrogen-bond acceptors (Lipinski definition) is 3. The molecule has 2 aromatic rings. The molecule has 0 aliphatic carbocycles. The van der Waals surface area contributed by atoms with Crippen molar-refractivity contribution in [3.8, 4) is 0 Å². The number of carbonyl (C=O) groups excluding carboxylic acids is 1. The van der Waals surface area contributed by atoms with Crippen LogP contribution in [-0.2, 0) is 6.54 Å². The minimum Gasteiger partial charge on any atom is -0.334 e. The molecule has 6 nitrogen and oxygen atoms in total. The Morgan fingerprint density at radius 2 is 1.95 bits per heavy atom. The van der Waals surface area contributed by atoms with E-state index < -0.39 is 4.92 Å². The highest BCUT2D eigenvalue weighted by Gasteiger charge is 2.11. The fraction of sp³-hybridized carbons (Fsp3) is 0.188. The second kappa shape index (κ2) is 6.71. The number of hydrogen-bond donors (Lipinski definition) is 2. The van der Waals surface area contributed by atoms with Gasteiger partial charge in [-0.25, -0.2) is 4.79 Å². The lowest BCUT2D eigenvalue weighted by molar-refractivity contribution is -0.385. The van der Waals surface area contributed by atoms with Crippen LogP contribution >= 0.6 is 0 Å². The van der Waals surface area contributed by atoms with E-state index >= 15 is 0 Å². The summed E-state index contributed by atoms with van der Waals surface area (Å²) in [5.74, 6) is 0. The van der Waals surface area contributed by atoms with Crippen LogP contribution in [0.1, 0.15) is 16.7 Å². The van der Waals surface area contributed by atoms with Crippen LogP contribution in [0, 0.1) is 24.0 Å². The number of nitro groups is 1. The zero-order valence-corrected chi connectivity index (χ0v) is 12.4. The van der Waals surface area contributed by atoms with E-state index in [1.54, 1.807) is 13.0 Å². The van der Waals surface area contributed by atoms with E-state index in [1.165, 1.54) is 12.1 Å². The van der Waals surface area contributed by atoms with Crippen LogP contribution in [-0.4, -0.2) is 11.0 Å². The molecule has 0 spiro atoms. The summed E-state index contributed by atoms with van der Waals surface area (Å²) in [4.78, 5) is 22.1. The van der Waals surface area contributed by atoms with Gasteiger partial charge in [0.25, 0.3) is 5.69 Å². The molecule has 0 saturated carbocycles. The lowest BCUT2D eigenvalue weighted by atomic mass is 10.1. The number of anilines is 1. The van der Waals surface area contributed by atoms with E-state index in [-0.39, 0.29) is 11.7 Å². The number of amides is 2. The first kappa shape index (κ1) is 15.5. The summed E-state index contributed by atoms with van der Waals surface area (Å²) in [6, 6.07) is 12.0. The van der Waals surface area contributed by atoms with Gasteiger partial charge in [0.2, 0.25) is 0 Å². The summed E-state index contributed by atoms with van der Waals surface area (Å²) in [6.07, 6.45) is 0. The van der Waals surface area contributed by atoms with E-state index in [9.17, 15) is 14.9 Å². The molecule has 0 unspecified atom stereocenters. The molecular formula is C16H17N3O3. The largest absolute Gasteiger partial charge is 0.334 e. The molecule has 6 heteroatoms. The summed E-state index contributed by atoms with van der Waals surface area (Å²) in [5, 5.41) is 16.2. The van der Waals surface area contributed by atoms with Gasteiger partial charge in [0.15, 0.2) is 0 Å². The SMILES string of the molecule is Cc1cccc(CNC(=O)Nc2ccc([N+](=O)[O-])c(C)c2)c1. The van der Waals surface area contributed by atoms with Gasteiger partial charge >= 0.3 is 6.03 Å². The Hall–Kier alpha value is -2.89. The molecule has 2 aromatic carbocycles. The minimum absolute atomic E-state index is 0.0331. The van der Waals surface area contributed by atoms with Crippen molar-refractivity contribution in [2.45, 2.75) is 20.4 Å². The summed E-state index contributed by atoms with van der Waals surface area (Å²) in [7, 11) is 0. The van der Waals surface area contributed by atoms with E-state index in [0.29, 0.717) is 17.8 Å². The Labute approximate surface area is 128 Å². The van der Waals surface area contributed by atoms with Gasteiger partial charge in [-0.15, -0.1) is 0 Å². The van der Waals surface area contributed by atoms with Crippen molar-refractivity contribution >= 4 is 17.4 Å². The lowest BCUT2D eigenvalue weighted by Crippen LogP contribution is -2.28. The Bertz CT molecular complexity index is 714. The molecule has 0 atom stereocenters. The minimum atomic E-state index is -0.447. The standard InChI is InChI=1S/C16H17N3O3/c1-11-4-3-5-13(8-11)10-17-16(20)18-14-6-7-15(19(21)22)12(2)9-14/h3-9H,10H2,1-2H3,(H2,17,18,20). The first-order valence-corrected chi connectivity index (χ1v) is 6.81. The summed E-state index contributed by atoms with van der Waals surface area (Å²) >= 11 is 0. The van der Waals surface area contributed by atoms with Crippen molar-refractivity contribution in [3.05, 3.63) is 69.3 Å². The molecule has 2 N–H and O–H groups in total. The predicted octanol–water partition coefficient (Wildman–Crippen LogP) is 3.53. The summed E-state index contributed by atoms with van der Waals surface area (Å²) < 4.78 is 0. The van der Waals surface area contributed by atoms with Gasteiger partial charge in [-0.2, -0.15) is 0 Å². The number of nitrogens with one attached hydrogen (secondary N) is 2. The number of urea groups is 1. The molecule has 2 rings (SSSR count). The molecule has 22 heavy (non-hydrogen) atoms. The summed E-state index contributed by atoms with van der Waals surface area (Å²) in [5.41, 5.74) is 3.19. The average Bonchev–Trinajstić information content (AvgIpc) is 2.45. The smallest absolute Gasteiger partial charge is 0.319 e. The van der Waals surface area contributed by atoms with Crippen molar-refractivity contribution in [3.63, 3.8) is 0 Å². The normalized spacial score (nSPS) is 10.1. The van der Waals surface area contributed by atoms with Crippen molar-refractivity contribution in [2.75, 3.05) is 5.32 Å². The van der Waals surface area contributed by atoms with E-state index in [0.717, 1.165) is 11.1 Å². The van der Waals surface area contributed by atoms with Gasteiger partial charge in [0.05, 0.1) is 4.92 Å². The highest BCUT2D eigenvalue weighted by molar-refractivity contribution is 5.89. The highest BCUT2D eigenvalue weighted by Crippen LogP contribution is 2.21. The number of carbonyl (C=O) groups is 1. The van der Waals surface area contributed by atoms with Crippen LogP contribution in [0.3, 0.4) is 0 Å². The first-order valence-electron chi connectivity index (χ1n) is 6.81. The molecule has 0 fully saturated rings. The maximum absolute atomic E-state index is 11.8. The third-order valence-electron chi connectivity index (χ3n) is 3.19. The van der Waals surface area contributed by atoms with Crippen LogP contribution in [0.4, 0.5) is 16.2 Å². The highest BCUT2D eigenvalue weighted by atomic mass is 16.6. The van der Waals surface area contributed by atoms with Gasteiger partial charge in [0.1, 0.15) is 0 Å². The van der Waals surface area contributed by atoms with Crippen LogP contribution in [0.15, 0.2) is 42.5 Å². The Morgan fingerprint density at radius 1 is 1.18 bits per heavy atom. The van der Waals surface area contributed by atoms with Crippen molar-refractivity contribution in [2.24, 2.45) is 0 Å². The van der Waals surface area contributed by atoms with Gasteiger partial charge < -0.3 is 10.6 Å². The fourth-order valence-electron chi connectivity index (χ4n) is 2.12. The number of benzene rings is 2. The Balaban J connectivity index is 1.95. The quantitative estimate of drug-likeness (QED) is 0.669. The molecular weight excluding hydrogens is 282 g/mol. The third-order valence-corrected chi connectivity index (χ3v) is 3.19. The zero-order valence-electron chi connectivity index (χ0n) is 12.4. The predicted molar refractivity (Wildman–Crippen MR) is 84.9 cm³/mol. The van der Waals surface area contributed by atoms with Crippen LogP contribution in [0.5, 0.6) is 0 Å². The van der Waals surface area contributed by atoms with Gasteiger partial charge in [-0.3, -0.25) is 10.1 Å². The lowest BCUT2D eigenvalue weighted by Gasteiger charge is -2.09. The first-order chi connectivity index (χ1) is 10.5. The summed E-state index contributed by atoms with van der Waals surface area (Å²) in [6.45, 7) is 4.04. The molecule has 0 bridgehead atoms. The molecule has 114 valence electrons. The molecule has 0 aliphatic heterocycles. The molecule has 0 aliphatic rings. The van der Waals surface area contributed by atoms with Crippen LogP contribution in [0.2, 0.25) is 0 Å². The third kappa shape index (κ3) is 4.05. The monoisotopic (exact) mass is 299 g/mol. The average molecular weight is 299 g/mol.